The number of halogens is 1. The molecule has 0 saturated carbocycles. The van der Waals surface area contributed by atoms with Gasteiger partial charge in [-0.2, -0.15) is 0 Å². The van der Waals surface area contributed by atoms with E-state index >= 15 is 0 Å². The molecule has 0 bridgehead atoms. The van der Waals surface area contributed by atoms with E-state index < -0.39 is 0 Å². The third kappa shape index (κ3) is 8.21. The number of guanidine groups is 1. The van der Waals surface area contributed by atoms with Crippen molar-refractivity contribution in [2.45, 2.75) is 27.3 Å². The molecule has 1 aromatic rings. The number of aryl methyl sites for hydroxylation is 1. The topological polar surface area (TPSA) is 65.5 Å². The zero-order valence-corrected chi connectivity index (χ0v) is 16.1. The molecule has 0 aliphatic heterocycles. The summed E-state index contributed by atoms with van der Waals surface area (Å²) in [6, 6.07) is 8.38. The number of aliphatic imine (C=N–C) groups is 1. The van der Waals surface area contributed by atoms with E-state index in [1.165, 1.54) is 11.1 Å². The Hall–Kier alpha value is -1.31. The molecule has 0 heterocycles. The van der Waals surface area contributed by atoms with E-state index in [1.807, 2.05) is 13.8 Å². The Kier molecular flexibility index (Phi) is 10.6. The molecule has 0 saturated heterocycles. The monoisotopic (exact) mass is 418 g/mol. The highest BCUT2D eigenvalue weighted by Crippen LogP contribution is 2.02. The molecule has 1 aromatic carbocycles. The quantitative estimate of drug-likeness (QED) is 0.287. The Balaban J connectivity index is 0.00000441. The van der Waals surface area contributed by atoms with Crippen LogP contribution < -0.4 is 16.0 Å². The van der Waals surface area contributed by atoms with E-state index in [2.05, 4.69) is 52.1 Å². The Labute approximate surface area is 150 Å². The summed E-state index contributed by atoms with van der Waals surface area (Å²) in [4.78, 5) is 15.6. The average molecular weight is 418 g/mol. The zero-order chi connectivity index (χ0) is 15.7. The standard InChI is InChI=1S/C16H26N4O.HI/c1-12(2)15(21)18-9-10-19-16(17-4)20-11-14-7-5-13(3)6-8-14;/h5-8,12H,9-11H2,1-4H3,(H,18,21)(H2,17,19,20);1H. The number of carbonyl (C=O) groups excluding carboxylic acids is 1. The van der Waals surface area contributed by atoms with Crippen LogP contribution in [0.2, 0.25) is 0 Å². The number of nitrogens with zero attached hydrogens (tertiary/aromatic N) is 1. The van der Waals surface area contributed by atoms with Gasteiger partial charge in [0, 0.05) is 32.6 Å². The van der Waals surface area contributed by atoms with Crippen molar-refractivity contribution in [3.05, 3.63) is 35.4 Å². The first kappa shape index (κ1) is 20.7. The molecule has 124 valence electrons. The van der Waals surface area contributed by atoms with E-state index in [0.717, 1.165) is 12.5 Å². The van der Waals surface area contributed by atoms with Crippen molar-refractivity contribution in [2.75, 3.05) is 20.1 Å². The first-order chi connectivity index (χ1) is 10.0. The van der Waals surface area contributed by atoms with Gasteiger partial charge >= 0.3 is 0 Å². The van der Waals surface area contributed by atoms with Gasteiger partial charge < -0.3 is 16.0 Å². The summed E-state index contributed by atoms with van der Waals surface area (Å²) < 4.78 is 0. The number of hydrogen-bond acceptors (Lipinski definition) is 2. The number of amides is 1. The fraction of sp³-hybridized carbons (Fsp3) is 0.500. The van der Waals surface area contributed by atoms with Gasteiger partial charge in [0.15, 0.2) is 5.96 Å². The van der Waals surface area contributed by atoms with Crippen molar-refractivity contribution in [3.63, 3.8) is 0 Å². The van der Waals surface area contributed by atoms with Crippen molar-refractivity contribution < 1.29 is 4.79 Å². The predicted octanol–water partition coefficient (Wildman–Crippen LogP) is 2.05. The molecule has 22 heavy (non-hydrogen) atoms. The van der Waals surface area contributed by atoms with Gasteiger partial charge in [0.2, 0.25) is 5.91 Å². The number of rotatable bonds is 6. The minimum atomic E-state index is 0. The normalized spacial score (nSPS) is 10.9. The fourth-order valence-electron chi connectivity index (χ4n) is 1.68. The third-order valence-electron chi connectivity index (χ3n) is 3.05. The number of hydrogen-bond donors (Lipinski definition) is 3. The predicted molar refractivity (Wildman–Crippen MR) is 103 cm³/mol. The van der Waals surface area contributed by atoms with Gasteiger partial charge in [0.05, 0.1) is 0 Å². The van der Waals surface area contributed by atoms with Crippen LogP contribution in [0.1, 0.15) is 25.0 Å². The summed E-state index contributed by atoms with van der Waals surface area (Å²) >= 11 is 0. The van der Waals surface area contributed by atoms with Crippen LogP contribution in [0.3, 0.4) is 0 Å². The first-order valence-corrected chi connectivity index (χ1v) is 7.30. The lowest BCUT2D eigenvalue weighted by Gasteiger charge is -2.13. The molecule has 5 nitrogen and oxygen atoms in total. The van der Waals surface area contributed by atoms with E-state index in [0.29, 0.717) is 13.1 Å². The highest BCUT2D eigenvalue weighted by atomic mass is 127. The van der Waals surface area contributed by atoms with Crippen LogP contribution >= 0.6 is 24.0 Å². The maximum atomic E-state index is 11.4. The van der Waals surface area contributed by atoms with E-state index in [4.69, 9.17) is 0 Å². The fourth-order valence-corrected chi connectivity index (χ4v) is 1.68. The molecule has 0 atom stereocenters. The molecule has 0 aromatic heterocycles. The van der Waals surface area contributed by atoms with Gasteiger partial charge in [0.1, 0.15) is 0 Å². The summed E-state index contributed by atoms with van der Waals surface area (Å²) in [7, 11) is 1.73. The smallest absolute Gasteiger partial charge is 0.222 e. The molecule has 0 unspecified atom stereocenters. The second kappa shape index (κ2) is 11.3. The highest BCUT2D eigenvalue weighted by Gasteiger charge is 2.05. The zero-order valence-electron chi connectivity index (χ0n) is 13.8. The maximum absolute atomic E-state index is 11.4. The molecule has 0 aliphatic carbocycles. The maximum Gasteiger partial charge on any atom is 0.222 e. The van der Waals surface area contributed by atoms with Crippen LogP contribution in [0.25, 0.3) is 0 Å². The number of benzene rings is 1. The molecular weight excluding hydrogens is 391 g/mol. The molecular formula is C16H27IN4O. The lowest BCUT2D eigenvalue weighted by atomic mass is 10.1. The Morgan fingerprint density at radius 3 is 2.23 bits per heavy atom. The molecule has 0 aliphatic rings. The van der Waals surface area contributed by atoms with Crippen LogP contribution in [0.5, 0.6) is 0 Å². The molecule has 0 spiro atoms. The Morgan fingerprint density at radius 2 is 1.68 bits per heavy atom. The highest BCUT2D eigenvalue weighted by molar-refractivity contribution is 14.0. The van der Waals surface area contributed by atoms with Gasteiger partial charge in [-0.15, -0.1) is 24.0 Å². The van der Waals surface area contributed by atoms with E-state index in [-0.39, 0.29) is 35.8 Å². The van der Waals surface area contributed by atoms with Crippen molar-refractivity contribution in [2.24, 2.45) is 10.9 Å². The lowest BCUT2D eigenvalue weighted by Crippen LogP contribution is -2.41. The Morgan fingerprint density at radius 1 is 1.09 bits per heavy atom. The number of carbonyl (C=O) groups is 1. The molecule has 1 amide bonds. The second-order valence-corrected chi connectivity index (χ2v) is 5.28. The van der Waals surface area contributed by atoms with Crippen molar-refractivity contribution >= 4 is 35.8 Å². The summed E-state index contributed by atoms with van der Waals surface area (Å²) in [5.41, 5.74) is 2.46. The van der Waals surface area contributed by atoms with Gasteiger partial charge in [-0.25, -0.2) is 0 Å². The van der Waals surface area contributed by atoms with Gasteiger partial charge in [-0.05, 0) is 12.5 Å². The van der Waals surface area contributed by atoms with Crippen molar-refractivity contribution in [3.8, 4) is 0 Å². The van der Waals surface area contributed by atoms with Crippen LogP contribution in [0, 0.1) is 12.8 Å². The van der Waals surface area contributed by atoms with Gasteiger partial charge in [-0.1, -0.05) is 43.7 Å². The minimum Gasteiger partial charge on any atom is -0.355 e. The van der Waals surface area contributed by atoms with Crippen molar-refractivity contribution in [1.82, 2.24) is 16.0 Å². The van der Waals surface area contributed by atoms with E-state index in [1.54, 1.807) is 7.05 Å². The average Bonchev–Trinajstić information content (AvgIpc) is 2.47. The first-order valence-electron chi connectivity index (χ1n) is 7.30. The van der Waals surface area contributed by atoms with Crippen LogP contribution in [-0.4, -0.2) is 32.0 Å². The lowest BCUT2D eigenvalue weighted by molar-refractivity contribution is -0.123. The van der Waals surface area contributed by atoms with Crippen LogP contribution in [-0.2, 0) is 11.3 Å². The molecule has 6 heteroatoms. The largest absolute Gasteiger partial charge is 0.355 e. The summed E-state index contributed by atoms with van der Waals surface area (Å²) in [5, 5.41) is 9.27. The van der Waals surface area contributed by atoms with Crippen molar-refractivity contribution in [1.29, 1.82) is 0 Å². The molecule has 0 fully saturated rings. The molecule has 3 N–H and O–H groups in total. The van der Waals surface area contributed by atoms with E-state index in [9.17, 15) is 4.79 Å². The third-order valence-corrected chi connectivity index (χ3v) is 3.05. The summed E-state index contributed by atoms with van der Waals surface area (Å²) in [6.45, 7) is 7.78. The second-order valence-electron chi connectivity index (χ2n) is 5.28. The van der Waals surface area contributed by atoms with Crippen LogP contribution in [0.4, 0.5) is 0 Å². The van der Waals surface area contributed by atoms with Gasteiger partial charge in [-0.3, -0.25) is 9.79 Å². The SMILES string of the molecule is CN=C(NCCNC(=O)C(C)C)NCc1ccc(C)cc1.I. The summed E-state index contributed by atoms with van der Waals surface area (Å²) in [5.74, 6) is 0.817. The summed E-state index contributed by atoms with van der Waals surface area (Å²) in [6.07, 6.45) is 0. The molecule has 0 radical (unpaired) electrons. The Bertz CT molecular complexity index is 472. The minimum absolute atomic E-state index is 0. The van der Waals surface area contributed by atoms with Gasteiger partial charge in [0.25, 0.3) is 0 Å². The number of nitrogens with one attached hydrogen (secondary N) is 3. The van der Waals surface area contributed by atoms with Crippen LogP contribution in [0.15, 0.2) is 29.3 Å². The molecule has 1 rings (SSSR count).